The molecule has 0 bridgehead atoms. The van der Waals surface area contributed by atoms with Crippen LogP contribution in [0.25, 0.3) is 0 Å². The van der Waals surface area contributed by atoms with E-state index in [0.29, 0.717) is 23.1 Å². The Balaban J connectivity index is 2.29. The van der Waals surface area contributed by atoms with Gasteiger partial charge in [0.15, 0.2) is 0 Å². The molecule has 1 aromatic heterocycles. The van der Waals surface area contributed by atoms with Crippen molar-refractivity contribution in [3.05, 3.63) is 46.9 Å². The number of nitrogens with one attached hydrogen (secondary N) is 4. The lowest BCUT2D eigenvalue weighted by Crippen LogP contribution is -2.20. The van der Waals surface area contributed by atoms with E-state index in [4.69, 9.17) is 22.1 Å². The molecule has 2 aromatic rings. The second kappa shape index (κ2) is 10.5. The normalized spacial score (nSPS) is 11.1. The van der Waals surface area contributed by atoms with Crippen molar-refractivity contribution in [1.82, 2.24) is 10.3 Å². The van der Waals surface area contributed by atoms with E-state index in [2.05, 4.69) is 25.9 Å². The van der Waals surface area contributed by atoms with Crippen molar-refractivity contribution < 1.29 is 14.3 Å². The summed E-state index contributed by atoms with van der Waals surface area (Å²) >= 11 is 6.19. The average Bonchev–Trinajstić information content (AvgIpc) is 2.70. The fraction of sp³-hybridized carbons (Fsp3) is 0.263. The molecule has 0 aliphatic rings. The first-order valence-corrected chi connectivity index (χ1v) is 9.10. The molecule has 1 amide bonds. The van der Waals surface area contributed by atoms with E-state index in [1.54, 1.807) is 13.1 Å². The van der Waals surface area contributed by atoms with Crippen LogP contribution in [0.15, 0.2) is 35.5 Å². The number of hydrogen-bond acceptors (Lipinski definition) is 6. The number of carbonyl (C=O) groups is 1. The average molecular weight is 421 g/mol. The third-order valence-electron chi connectivity index (χ3n) is 3.94. The summed E-state index contributed by atoms with van der Waals surface area (Å²) in [7, 11) is 3.02. The van der Waals surface area contributed by atoms with Crippen LogP contribution < -0.4 is 16.0 Å². The van der Waals surface area contributed by atoms with Gasteiger partial charge in [0, 0.05) is 45.3 Å². The highest BCUT2D eigenvalue weighted by molar-refractivity contribution is 6.33. The zero-order chi connectivity index (χ0) is 21.4. The topological polar surface area (TPSA) is 122 Å². The van der Waals surface area contributed by atoms with Gasteiger partial charge < -0.3 is 26.5 Å². The van der Waals surface area contributed by atoms with Crippen molar-refractivity contribution in [2.75, 3.05) is 31.3 Å². The maximum absolute atomic E-state index is 14.4. The summed E-state index contributed by atoms with van der Waals surface area (Å²) in [6.45, 7) is -0.112. The smallest absolute Gasteiger partial charge is 0.253 e. The van der Waals surface area contributed by atoms with E-state index in [1.807, 2.05) is 0 Å². The van der Waals surface area contributed by atoms with Gasteiger partial charge in [0.1, 0.15) is 17.5 Å². The first-order valence-electron chi connectivity index (χ1n) is 8.72. The predicted molar refractivity (Wildman–Crippen MR) is 113 cm³/mol. The van der Waals surface area contributed by atoms with E-state index < -0.39 is 11.7 Å². The molecule has 0 saturated heterocycles. The van der Waals surface area contributed by atoms with Gasteiger partial charge in [-0.2, -0.15) is 0 Å². The highest BCUT2D eigenvalue weighted by Gasteiger charge is 2.16. The molecule has 29 heavy (non-hydrogen) atoms. The summed E-state index contributed by atoms with van der Waals surface area (Å²) in [5.41, 5.74) is 0.762. The number of aliphatic hydroxyl groups is 1. The summed E-state index contributed by atoms with van der Waals surface area (Å²) in [6.07, 6.45) is 1.84. The van der Waals surface area contributed by atoms with Gasteiger partial charge in [0.05, 0.1) is 28.2 Å². The molecule has 8 nitrogen and oxygen atoms in total. The number of amidine groups is 1. The Morgan fingerprint density at radius 1 is 1.41 bits per heavy atom. The van der Waals surface area contributed by atoms with Crippen LogP contribution in [0.1, 0.15) is 23.2 Å². The molecular weight excluding hydrogens is 399 g/mol. The lowest BCUT2D eigenvalue weighted by Gasteiger charge is -2.15. The van der Waals surface area contributed by atoms with Crippen LogP contribution in [0.4, 0.5) is 21.6 Å². The first-order chi connectivity index (χ1) is 13.9. The number of aromatic nitrogens is 1. The Morgan fingerprint density at radius 3 is 2.83 bits per heavy atom. The fourth-order valence-electron chi connectivity index (χ4n) is 2.47. The van der Waals surface area contributed by atoms with Crippen molar-refractivity contribution in [2.24, 2.45) is 4.99 Å². The third-order valence-corrected chi connectivity index (χ3v) is 4.24. The number of pyridine rings is 1. The fourth-order valence-corrected chi connectivity index (χ4v) is 2.62. The largest absolute Gasteiger partial charge is 0.396 e. The lowest BCUT2D eigenvalue weighted by atomic mass is 10.1. The Hall–Kier alpha value is -3.04. The summed E-state index contributed by atoms with van der Waals surface area (Å²) in [5, 5.41) is 25.3. The second-order valence-electron chi connectivity index (χ2n) is 5.97. The number of anilines is 3. The van der Waals surface area contributed by atoms with Gasteiger partial charge >= 0.3 is 0 Å². The minimum absolute atomic E-state index is 0.0139. The van der Waals surface area contributed by atoms with Crippen molar-refractivity contribution in [3.8, 4) is 0 Å². The van der Waals surface area contributed by atoms with Crippen LogP contribution >= 0.6 is 11.6 Å². The Kier molecular flexibility index (Phi) is 8.05. The molecule has 0 aliphatic heterocycles. The zero-order valence-corrected chi connectivity index (χ0v) is 16.8. The van der Waals surface area contributed by atoms with Crippen molar-refractivity contribution in [1.29, 1.82) is 5.41 Å². The first kappa shape index (κ1) is 22.3. The molecule has 0 unspecified atom stereocenters. The van der Waals surface area contributed by atoms with E-state index in [-0.39, 0.29) is 35.7 Å². The number of nitrogens with zero attached hydrogens (tertiary/aromatic N) is 2. The number of hydrogen-bond donors (Lipinski definition) is 5. The Bertz CT molecular complexity index is 935. The van der Waals surface area contributed by atoms with Gasteiger partial charge in [-0.25, -0.2) is 9.37 Å². The molecule has 1 aromatic carbocycles. The molecule has 0 spiro atoms. The molecular formula is C19H22ClFN6O2. The quantitative estimate of drug-likeness (QED) is 0.331. The maximum Gasteiger partial charge on any atom is 0.253 e. The van der Waals surface area contributed by atoms with Gasteiger partial charge in [0.25, 0.3) is 5.91 Å². The number of aliphatic hydroxyl groups excluding tert-OH is 1. The highest BCUT2D eigenvalue weighted by Crippen LogP contribution is 2.30. The summed E-state index contributed by atoms with van der Waals surface area (Å²) in [6, 6.07) is 5.71. The van der Waals surface area contributed by atoms with Crippen LogP contribution in [0.2, 0.25) is 5.02 Å². The SMILES string of the molecule is CN=C(CC(=N)CCO)Nc1cc(Nc2c(F)cccc2C(=O)NC)c(Cl)cn1. The van der Waals surface area contributed by atoms with Crippen molar-refractivity contribution in [3.63, 3.8) is 0 Å². The molecule has 2 rings (SSSR count). The maximum atomic E-state index is 14.4. The van der Waals surface area contributed by atoms with Gasteiger partial charge in [-0.1, -0.05) is 17.7 Å². The molecule has 0 fully saturated rings. The van der Waals surface area contributed by atoms with Crippen LogP contribution in [-0.2, 0) is 0 Å². The molecule has 10 heteroatoms. The number of para-hydroxylation sites is 1. The number of carbonyl (C=O) groups excluding carboxylic acids is 1. The zero-order valence-electron chi connectivity index (χ0n) is 16.0. The second-order valence-corrected chi connectivity index (χ2v) is 6.37. The van der Waals surface area contributed by atoms with Crippen LogP contribution in [0.3, 0.4) is 0 Å². The summed E-state index contributed by atoms with van der Waals surface area (Å²) in [5.74, 6) is -0.214. The highest BCUT2D eigenvalue weighted by atomic mass is 35.5. The molecule has 0 saturated carbocycles. The molecule has 0 atom stereocenters. The van der Waals surface area contributed by atoms with Crippen molar-refractivity contribution in [2.45, 2.75) is 12.8 Å². The molecule has 1 heterocycles. The summed E-state index contributed by atoms with van der Waals surface area (Å²) in [4.78, 5) is 20.3. The predicted octanol–water partition coefficient (Wildman–Crippen LogP) is 3.21. The molecule has 154 valence electrons. The minimum atomic E-state index is -0.609. The van der Waals surface area contributed by atoms with Crippen LogP contribution in [0, 0.1) is 11.2 Å². The number of amides is 1. The van der Waals surface area contributed by atoms with E-state index in [9.17, 15) is 9.18 Å². The monoisotopic (exact) mass is 420 g/mol. The van der Waals surface area contributed by atoms with Crippen molar-refractivity contribution >= 4 is 46.2 Å². The third kappa shape index (κ3) is 5.97. The number of benzene rings is 1. The lowest BCUT2D eigenvalue weighted by molar-refractivity contribution is 0.0963. The minimum Gasteiger partial charge on any atom is -0.396 e. The Morgan fingerprint density at radius 2 is 2.17 bits per heavy atom. The molecule has 0 aliphatic carbocycles. The van der Waals surface area contributed by atoms with E-state index in [0.717, 1.165) is 0 Å². The van der Waals surface area contributed by atoms with Gasteiger partial charge in [-0.3, -0.25) is 9.79 Å². The standard InChI is InChI=1S/C19H22ClFN6O2/c1-23-16(8-11(22)6-7-28)27-17-9-15(13(20)10-25-17)26-18-12(19(29)24-2)4-3-5-14(18)21/h3-5,9-10,22,28H,6-8H2,1-2H3,(H,24,29)(H2,23,25,26,27). The van der Waals surface area contributed by atoms with Gasteiger partial charge in [0.2, 0.25) is 0 Å². The van der Waals surface area contributed by atoms with E-state index in [1.165, 1.54) is 31.4 Å². The van der Waals surface area contributed by atoms with Gasteiger partial charge in [-0.05, 0) is 12.1 Å². The molecule has 5 N–H and O–H groups in total. The van der Waals surface area contributed by atoms with Crippen LogP contribution in [-0.4, -0.2) is 48.2 Å². The molecule has 0 radical (unpaired) electrons. The summed E-state index contributed by atoms with van der Waals surface area (Å²) < 4.78 is 14.4. The number of halogens is 2. The number of aliphatic imine (C=N–C) groups is 1. The number of rotatable bonds is 8. The van der Waals surface area contributed by atoms with Crippen LogP contribution in [0.5, 0.6) is 0 Å². The Labute approximate surface area is 172 Å². The van der Waals surface area contributed by atoms with Gasteiger partial charge in [-0.15, -0.1) is 0 Å². The van der Waals surface area contributed by atoms with E-state index >= 15 is 0 Å².